The number of alkyl halides is 1. The summed E-state index contributed by atoms with van der Waals surface area (Å²) in [5.41, 5.74) is 0. The number of thioether (sulfide) groups is 1. The Morgan fingerprint density at radius 2 is 2.29 bits per heavy atom. The van der Waals surface area contributed by atoms with Gasteiger partial charge in [0.05, 0.1) is 0 Å². The summed E-state index contributed by atoms with van der Waals surface area (Å²) in [7, 11) is 0. The normalized spacial score (nSPS) is 11.0. The van der Waals surface area contributed by atoms with Gasteiger partial charge >= 0.3 is 0 Å². The average Bonchev–Trinajstić information content (AvgIpc) is 2.54. The van der Waals surface area contributed by atoms with E-state index >= 15 is 0 Å². The Morgan fingerprint density at radius 1 is 1.50 bits per heavy atom. The number of halogens is 1. The zero-order valence-corrected chi connectivity index (χ0v) is 10.8. The van der Waals surface area contributed by atoms with Crippen LogP contribution in [0.4, 0.5) is 0 Å². The molecular weight excluding hydrogens is 280 g/mol. The van der Waals surface area contributed by atoms with Gasteiger partial charge in [-0.2, -0.15) is 0 Å². The van der Waals surface area contributed by atoms with Crippen LogP contribution in [0.3, 0.4) is 0 Å². The van der Waals surface area contributed by atoms with Gasteiger partial charge in [0.1, 0.15) is 5.75 Å². The second kappa shape index (κ2) is 4.13. The molecule has 0 aliphatic rings. The third-order valence-electron chi connectivity index (χ3n) is 2.02. The van der Waals surface area contributed by atoms with Crippen molar-refractivity contribution in [2.24, 2.45) is 0 Å². The summed E-state index contributed by atoms with van der Waals surface area (Å²) in [6.45, 7) is 0. The van der Waals surface area contributed by atoms with Crippen molar-refractivity contribution in [2.75, 3.05) is 6.26 Å². The number of hydrogen-bond acceptors (Lipinski definition) is 3. The first-order valence-corrected chi connectivity index (χ1v) is 7.27. The van der Waals surface area contributed by atoms with Crippen LogP contribution < -0.4 is 0 Å². The number of phenols is 1. The van der Waals surface area contributed by atoms with Crippen molar-refractivity contribution in [3.63, 3.8) is 0 Å². The fourth-order valence-electron chi connectivity index (χ4n) is 1.43. The summed E-state index contributed by atoms with van der Waals surface area (Å²) in [6, 6.07) is 5.55. The maximum Gasteiger partial charge on any atom is 0.116 e. The summed E-state index contributed by atoms with van der Waals surface area (Å²) in [6.07, 6.45) is 2.07. The second-order valence-electron chi connectivity index (χ2n) is 2.87. The Hall–Kier alpha value is -0.190. The smallest absolute Gasteiger partial charge is 0.116 e. The maximum absolute atomic E-state index is 9.42. The molecule has 1 aromatic carbocycles. The molecule has 0 atom stereocenters. The van der Waals surface area contributed by atoms with E-state index in [1.54, 1.807) is 29.2 Å². The molecule has 0 fully saturated rings. The van der Waals surface area contributed by atoms with Crippen LogP contribution in [0.2, 0.25) is 0 Å². The van der Waals surface area contributed by atoms with Gasteiger partial charge < -0.3 is 5.11 Å². The van der Waals surface area contributed by atoms with Gasteiger partial charge in [0.2, 0.25) is 0 Å². The number of aromatic hydroxyl groups is 1. The lowest BCUT2D eigenvalue weighted by molar-refractivity contribution is 0.476. The topological polar surface area (TPSA) is 20.2 Å². The molecule has 1 N–H and O–H groups in total. The zero-order valence-electron chi connectivity index (χ0n) is 7.58. The fourth-order valence-corrected chi connectivity index (χ4v) is 4.29. The van der Waals surface area contributed by atoms with Crippen LogP contribution in [0.1, 0.15) is 4.88 Å². The highest BCUT2D eigenvalue weighted by atomic mass is 79.9. The fraction of sp³-hybridized carbons (Fsp3) is 0.200. The first-order valence-electron chi connectivity index (χ1n) is 4.10. The summed E-state index contributed by atoms with van der Waals surface area (Å²) in [4.78, 5) is 2.61. The van der Waals surface area contributed by atoms with Crippen molar-refractivity contribution in [1.82, 2.24) is 0 Å². The number of rotatable bonds is 2. The largest absolute Gasteiger partial charge is 0.508 e. The summed E-state index contributed by atoms with van der Waals surface area (Å²) >= 11 is 6.99. The Morgan fingerprint density at radius 3 is 2.93 bits per heavy atom. The third kappa shape index (κ3) is 1.66. The number of phenolic OH excluding ortho intramolecular Hbond substituents is 1. The van der Waals surface area contributed by atoms with Crippen LogP contribution in [0.5, 0.6) is 5.75 Å². The monoisotopic (exact) mass is 288 g/mol. The van der Waals surface area contributed by atoms with Crippen molar-refractivity contribution in [1.29, 1.82) is 0 Å². The molecule has 0 saturated carbocycles. The van der Waals surface area contributed by atoms with Crippen LogP contribution in [-0.4, -0.2) is 11.4 Å². The van der Waals surface area contributed by atoms with Crippen LogP contribution in [0, 0.1) is 0 Å². The highest BCUT2D eigenvalue weighted by Gasteiger charge is 2.10. The summed E-state index contributed by atoms with van der Waals surface area (Å²) < 4.78 is 1.24. The predicted molar refractivity (Wildman–Crippen MR) is 67.9 cm³/mol. The standard InChI is InChI=1S/C10H9BrOS2/c1-13-10-7-4-6(12)2-3-8(7)14-9(10)5-11/h2-4,12H,5H2,1H3. The second-order valence-corrected chi connectivity index (χ2v) is 5.39. The predicted octanol–water partition coefficient (Wildman–Crippen LogP) is 4.22. The molecule has 0 aliphatic carbocycles. The minimum atomic E-state index is 0.340. The van der Waals surface area contributed by atoms with Gasteiger partial charge in [0, 0.05) is 25.2 Å². The molecule has 0 aliphatic heterocycles. The highest BCUT2D eigenvalue weighted by Crippen LogP contribution is 2.39. The Balaban J connectivity index is 2.74. The minimum absolute atomic E-state index is 0.340. The van der Waals surface area contributed by atoms with E-state index in [-0.39, 0.29) is 0 Å². The van der Waals surface area contributed by atoms with E-state index in [9.17, 15) is 5.11 Å². The van der Waals surface area contributed by atoms with Crippen LogP contribution >= 0.6 is 39.0 Å². The molecular formula is C10H9BrOS2. The summed E-state index contributed by atoms with van der Waals surface area (Å²) in [5.74, 6) is 0.340. The molecule has 74 valence electrons. The van der Waals surface area contributed by atoms with Gasteiger partial charge in [-0.15, -0.1) is 23.1 Å². The molecule has 0 radical (unpaired) electrons. The van der Waals surface area contributed by atoms with E-state index in [1.807, 2.05) is 12.1 Å². The number of hydrogen-bond donors (Lipinski definition) is 1. The van der Waals surface area contributed by atoms with E-state index < -0.39 is 0 Å². The number of thiophene rings is 1. The molecule has 1 nitrogen and oxygen atoms in total. The first-order chi connectivity index (χ1) is 6.76. The van der Waals surface area contributed by atoms with Crippen molar-refractivity contribution in [3.05, 3.63) is 23.1 Å². The molecule has 0 saturated heterocycles. The molecule has 0 spiro atoms. The van der Waals surface area contributed by atoms with Gasteiger partial charge in [-0.05, 0) is 24.5 Å². The Kier molecular flexibility index (Phi) is 3.04. The lowest BCUT2D eigenvalue weighted by Gasteiger charge is -1.97. The minimum Gasteiger partial charge on any atom is -0.508 e. The van der Waals surface area contributed by atoms with Gasteiger partial charge in [-0.3, -0.25) is 0 Å². The highest BCUT2D eigenvalue weighted by molar-refractivity contribution is 9.08. The molecule has 0 amide bonds. The third-order valence-corrected chi connectivity index (χ3v) is 5.13. The molecule has 2 rings (SSSR count). The van der Waals surface area contributed by atoms with Gasteiger partial charge in [-0.25, -0.2) is 0 Å². The SMILES string of the molecule is CSc1c(CBr)sc2ccc(O)cc12. The number of benzene rings is 1. The van der Waals surface area contributed by atoms with Crippen molar-refractivity contribution < 1.29 is 5.11 Å². The van der Waals surface area contributed by atoms with E-state index in [0.29, 0.717) is 5.75 Å². The Bertz CT molecular complexity index is 464. The lowest BCUT2D eigenvalue weighted by atomic mass is 10.2. The molecule has 2 aromatic rings. The molecule has 1 aromatic heterocycles. The summed E-state index contributed by atoms with van der Waals surface area (Å²) in [5, 5.41) is 11.5. The van der Waals surface area contributed by atoms with Gasteiger partial charge in [0.25, 0.3) is 0 Å². The van der Waals surface area contributed by atoms with Crippen molar-refractivity contribution in [3.8, 4) is 5.75 Å². The van der Waals surface area contributed by atoms with Crippen LogP contribution in [0.15, 0.2) is 23.1 Å². The van der Waals surface area contributed by atoms with Gasteiger partial charge in [0.15, 0.2) is 0 Å². The van der Waals surface area contributed by atoms with Gasteiger partial charge in [-0.1, -0.05) is 15.9 Å². The molecule has 4 heteroatoms. The first kappa shape index (κ1) is 10.3. The average molecular weight is 289 g/mol. The molecule has 14 heavy (non-hydrogen) atoms. The lowest BCUT2D eigenvalue weighted by Crippen LogP contribution is -1.73. The Labute approximate surface area is 99.3 Å². The van der Waals surface area contributed by atoms with E-state index in [1.165, 1.54) is 14.5 Å². The zero-order chi connectivity index (χ0) is 10.1. The molecule has 1 heterocycles. The maximum atomic E-state index is 9.42. The van der Waals surface area contributed by atoms with E-state index in [2.05, 4.69) is 22.2 Å². The van der Waals surface area contributed by atoms with E-state index in [4.69, 9.17) is 0 Å². The van der Waals surface area contributed by atoms with Crippen molar-refractivity contribution in [2.45, 2.75) is 10.2 Å². The van der Waals surface area contributed by atoms with E-state index in [0.717, 1.165) is 10.7 Å². The molecule has 0 unspecified atom stereocenters. The number of fused-ring (bicyclic) bond motifs is 1. The molecule has 0 bridgehead atoms. The quantitative estimate of drug-likeness (QED) is 0.659. The van der Waals surface area contributed by atoms with Crippen LogP contribution in [0.25, 0.3) is 10.1 Å². The van der Waals surface area contributed by atoms with Crippen LogP contribution in [-0.2, 0) is 5.33 Å². The van der Waals surface area contributed by atoms with Crippen molar-refractivity contribution >= 4 is 49.1 Å².